The van der Waals surface area contributed by atoms with Crippen LogP contribution in [0.5, 0.6) is 5.75 Å². The van der Waals surface area contributed by atoms with Crippen LogP contribution in [0.25, 0.3) is 5.69 Å². The molecule has 4 rings (SSSR count). The number of aromatic nitrogens is 2. The molecular formula is C24H26N4O4. The predicted molar refractivity (Wildman–Crippen MR) is 120 cm³/mol. The van der Waals surface area contributed by atoms with Crippen LogP contribution < -0.4 is 10.1 Å². The van der Waals surface area contributed by atoms with Gasteiger partial charge in [-0.25, -0.2) is 14.3 Å². The Balaban J connectivity index is 1.63. The number of urea groups is 1. The van der Waals surface area contributed by atoms with Gasteiger partial charge in [-0.1, -0.05) is 17.7 Å². The predicted octanol–water partition coefficient (Wildman–Crippen LogP) is 3.96. The van der Waals surface area contributed by atoms with Crippen LogP contribution in [0.15, 0.2) is 48.5 Å². The van der Waals surface area contributed by atoms with E-state index in [-0.39, 0.29) is 24.9 Å². The molecule has 0 atom stereocenters. The minimum atomic E-state index is -0.489. The van der Waals surface area contributed by atoms with Crippen LogP contribution >= 0.6 is 0 Å². The highest BCUT2D eigenvalue weighted by Gasteiger charge is 2.31. The Kier molecular flexibility index (Phi) is 6.11. The first-order chi connectivity index (χ1) is 15.5. The topological polar surface area (TPSA) is 85.7 Å². The van der Waals surface area contributed by atoms with Gasteiger partial charge in [-0.2, -0.15) is 5.10 Å². The summed E-state index contributed by atoms with van der Waals surface area (Å²) in [5.74, 6) is 0.246. The van der Waals surface area contributed by atoms with Gasteiger partial charge in [-0.3, -0.25) is 0 Å². The van der Waals surface area contributed by atoms with Crippen molar-refractivity contribution in [3.8, 4) is 11.4 Å². The lowest BCUT2D eigenvalue weighted by atomic mass is 10.0. The van der Waals surface area contributed by atoms with Crippen molar-refractivity contribution in [3.63, 3.8) is 0 Å². The number of methoxy groups -OCH3 is 1. The summed E-state index contributed by atoms with van der Waals surface area (Å²) in [4.78, 5) is 27.2. The van der Waals surface area contributed by atoms with E-state index in [4.69, 9.17) is 9.47 Å². The number of amides is 2. The highest BCUT2D eigenvalue weighted by molar-refractivity contribution is 5.91. The summed E-state index contributed by atoms with van der Waals surface area (Å²) in [6.07, 6.45) is 0.565. The Morgan fingerprint density at radius 3 is 2.47 bits per heavy atom. The maximum atomic E-state index is 12.9. The molecule has 0 bridgehead atoms. The first kappa shape index (κ1) is 21.4. The summed E-state index contributed by atoms with van der Waals surface area (Å²) >= 11 is 0. The second-order valence-electron chi connectivity index (χ2n) is 7.57. The molecule has 1 aliphatic heterocycles. The van der Waals surface area contributed by atoms with E-state index in [9.17, 15) is 9.59 Å². The zero-order chi connectivity index (χ0) is 22.7. The van der Waals surface area contributed by atoms with Crippen molar-refractivity contribution < 1.29 is 19.1 Å². The molecule has 0 radical (unpaired) electrons. The number of anilines is 1. The molecule has 32 heavy (non-hydrogen) atoms. The number of nitrogens with one attached hydrogen (secondary N) is 1. The monoisotopic (exact) mass is 434 g/mol. The quantitative estimate of drug-likeness (QED) is 0.615. The van der Waals surface area contributed by atoms with Crippen LogP contribution in [-0.4, -0.2) is 46.9 Å². The number of ether oxygens (including phenoxy) is 2. The van der Waals surface area contributed by atoms with Crippen LogP contribution in [-0.2, 0) is 17.7 Å². The number of carbonyl (C=O) groups excluding carboxylic acids is 2. The summed E-state index contributed by atoms with van der Waals surface area (Å²) in [6.45, 7) is 4.79. The summed E-state index contributed by atoms with van der Waals surface area (Å²) < 4.78 is 12.2. The SMILES string of the molecule is CCOC(=O)c1nn(-c2ccc(OC)cc2)c2c1CN(C(=O)Nc1ccc(C)cc1)CC2. The summed E-state index contributed by atoms with van der Waals surface area (Å²) in [5.41, 5.74) is 4.52. The second kappa shape index (κ2) is 9.13. The fraction of sp³-hybridized carbons (Fsp3) is 0.292. The van der Waals surface area contributed by atoms with Crippen molar-refractivity contribution in [2.45, 2.75) is 26.8 Å². The average Bonchev–Trinajstić information content (AvgIpc) is 3.20. The van der Waals surface area contributed by atoms with E-state index in [0.717, 1.165) is 28.4 Å². The molecule has 166 valence electrons. The van der Waals surface area contributed by atoms with Gasteiger partial charge >= 0.3 is 12.0 Å². The number of hydrogen-bond donors (Lipinski definition) is 1. The van der Waals surface area contributed by atoms with Crippen LogP contribution in [0.3, 0.4) is 0 Å². The van der Waals surface area contributed by atoms with Crippen LogP contribution in [0, 0.1) is 6.92 Å². The molecule has 3 aromatic rings. The standard InChI is InChI=1S/C24H26N4O4/c1-4-32-23(29)22-20-15-27(24(30)25-17-7-5-16(2)6-8-17)14-13-21(20)28(26-22)18-9-11-19(31-3)12-10-18/h5-12H,4,13-15H2,1-3H3,(H,25,30). The van der Waals surface area contributed by atoms with Gasteiger partial charge in [-0.05, 0) is 50.2 Å². The number of hydrogen-bond acceptors (Lipinski definition) is 5. The van der Waals surface area contributed by atoms with Crippen LogP contribution in [0.2, 0.25) is 0 Å². The molecule has 0 fully saturated rings. The van der Waals surface area contributed by atoms with Crippen molar-refractivity contribution in [1.82, 2.24) is 14.7 Å². The molecule has 0 spiro atoms. The number of fused-ring (bicyclic) bond motifs is 1. The normalized spacial score (nSPS) is 12.8. The largest absolute Gasteiger partial charge is 0.497 e. The van der Waals surface area contributed by atoms with E-state index in [1.54, 1.807) is 23.6 Å². The van der Waals surface area contributed by atoms with Gasteiger partial charge in [-0.15, -0.1) is 0 Å². The second-order valence-corrected chi connectivity index (χ2v) is 7.57. The molecule has 1 N–H and O–H groups in total. The molecule has 2 aromatic carbocycles. The number of rotatable bonds is 5. The summed E-state index contributed by atoms with van der Waals surface area (Å²) in [7, 11) is 1.61. The van der Waals surface area contributed by atoms with Gasteiger partial charge in [0.05, 0.1) is 31.6 Å². The molecule has 0 unspecified atom stereocenters. The number of nitrogens with zero attached hydrogens (tertiary/aromatic N) is 3. The molecule has 1 aliphatic rings. The lowest BCUT2D eigenvalue weighted by Gasteiger charge is -2.28. The summed E-state index contributed by atoms with van der Waals surface area (Å²) in [5, 5.41) is 7.49. The number of carbonyl (C=O) groups is 2. The zero-order valence-corrected chi connectivity index (χ0v) is 18.4. The van der Waals surface area contributed by atoms with E-state index in [1.165, 1.54) is 0 Å². The van der Waals surface area contributed by atoms with Gasteiger partial charge in [0.1, 0.15) is 5.75 Å². The Bertz CT molecular complexity index is 1120. The van der Waals surface area contributed by atoms with Crippen molar-refractivity contribution in [3.05, 3.63) is 71.0 Å². The fourth-order valence-electron chi connectivity index (χ4n) is 3.73. The molecule has 8 nitrogen and oxygen atoms in total. The Morgan fingerprint density at radius 2 is 1.81 bits per heavy atom. The number of aryl methyl sites for hydroxylation is 1. The Labute approximate surface area is 186 Å². The third-order valence-corrected chi connectivity index (χ3v) is 5.43. The first-order valence-electron chi connectivity index (χ1n) is 10.5. The van der Waals surface area contributed by atoms with Crippen LogP contribution in [0.4, 0.5) is 10.5 Å². The molecule has 8 heteroatoms. The molecular weight excluding hydrogens is 408 g/mol. The van der Waals surface area contributed by atoms with Gasteiger partial charge in [0.25, 0.3) is 0 Å². The third kappa shape index (κ3) is 4.30. The molecule has 1 aromatic heterocycles. The van der Waals surface area contributed by atoms with E-state index < -0.39 is 5.97 Å². The number of esters is 1. The van der Waals surface area contributed by atoms with Crippen molar-refractivity contribution in [2.24, 2.45) is 0 Å². The zero-order valence-electron chi connectivity index (χ0n) is 18.4. The molecule has 0 saturated carbocycles. The van der Waals surface area contributed by atoms with Crippen LogP contribution in [0.1, 0.15) is 34.2 Å². The highest BCUT2D eigenvalue weighted by Crippen LogP contribution is 2.27. The summed E-state index contributed by atoms with van der Waals surface area (Å²) in [6, 6.07) is 14.9. The van der Waals surface area contributed by atoms with Gasteiger partial charge in [0.2, 0.25) is 0 Å². The lowest BCUT2D eigenvalue weighted by molar-refractivity contribution is 0.0516. The molecule has 0 saturated heterocycles. The first-order valence-corrected chi connectivity index (χ1v) is 10.5. The Morgan fingerprint density at radius 1 is 1.09 bits per heavy atom. The lowest BCUT2D eigenvalue weighted by Crippen LogP contribution is -2.39. The average molecular weight is 434 g/mol. The maximum absolute atomic E-state index is 12.9. The fourth-order valence-corrected chi connectivity index (χ4v) is 3.73. The minimum Gasteiger partial charge on any atom is -0.497 e. The van der Waals surface area contributed by atoms with Gasteiger partial charge < -0.3 is 19.7 Å². The van der Waals surface area contributed by atoms with E-state index in [1.807, 2.05) is 55.5 Å². The van der Waals surface area contributed by atoms with E-state index in [2.05, 4.69) is 10.4 Å². The van der Waals surface area contributed by atoms with Gasteiger partial charge in [0, 0.05) is 24.2 Å². The van der Waals surface area contributed by atoms with E-state index >= 15 is 0 Å². The molecule has 0 aliphatic carbocycles. The maximum Gasteiger partial charge on any atom is 0.359 e. The van der Waals surface area contributed by atoms with Crippen molar-refractivity contribution in [1.29, 1.82) is 0 Å². The third-order valence-electron chi connectivity index (χ3n) is 5.43. The number of benzene rings is 2. The highest BCUT2D eigenvalue weighted by atomic mass is 16.5. The van der Waals surface area contributed by atoms with Crippen molar-refractivity contribution >= 4 is 17.7 Å². The van der Waals surface area contributed by atoms with Gasteiger partial charge in [0.15, 0.2) is 5.69 Å². The minimum absolute atomic E-state index is 0.216. The van der Waals surface area contributed by atoms with E-state index in [0.29, 0.717) is 18.5 Å². The molecule has 2 amide bonds. The Hall–Kier alpha value is -3.81. The van der Waals surface area contributed by atoms with Crippen molar-refractivity contribution in [2.75, 3.05) is 25.6 Å². The molecule has 2 heterocycles. The smallest absolute Gasteiger partial charge is 0.359 e.